The van der Waals surface area contributed by atoms with Gasteiger partial charge in [0.15, 0.2) is 11.6 Å². The highest BCUT2D eigenvalue weighted by atomic mass is 19.2. The minimum Gasteiger partial charge on any atom is -0.493 e. The van der Waals surface area contributed by atoms with Gasteiger partial charge in [-0.3, -0.25) is 0 Å². The molecule has 29 heavy (non-hydrogen) atoms. The number of methoxy groups -OCH3 is 2. The number of aromatic nitrogens is 1. The van der Waals surface area contributed by atoms with Gasteiger partial charge in [-0.05, 0) is 18.2 Å². The number of rotatable bonds is 3. The van der Waals surface area contributed by atoms with E-state index in [1.54, 1.807) is 48.5 Å². The number of benzene rings is 3. The van der Waals surface area contributed by atoms with Gasteiger partial charge < -0.3 is 9.47 Å². The van der Waals surface area contributed by atoms with Crippen molar-refractivity contribution in [1.29, 1.82) is 0 Å². The number of pyridine rings is 1. The normalized spacial score (nSPS) is 11.8. The molecule has 0 saturated heterocycles. The van der Waals surface area contributed by atoms with Crippen LogP contribution in [0.15, 0.2) is 59.6 Å². The lowest BCUT2D eigenvalue weighted by atomic mass is 10.0. The molecule has 0 bridgehead atoms. The summed E-state index contributed by atoms with van der Waals surface area (Å²) in [7, 11) is 2.57. The molecule has 0 fully saturated rings. The largest absolute Gasteiger partial charge is 0.493 e. The molecule has 146 valence electrons. The lowest BCUT2D eigenvalue weighted by Crippen LogP contribution is -2.10. The molecule has 0 aliphatic rings. The van der Waals surface area contributed by atoms with Gasteiger partial charge in [-0.15, -0.1) is 0 Å². The number of halogens is 3. The predicted octanol–water partition coefficient (Wildman–Crippen LogP) is 5.54. The highest BCUT2D eigenvalue weighted by molar-refractivity contribution is 6.18. The number of hydrogen-bond acceptors (Lipinski definition) is 4. The highest BCUT2D eigenvalue weighted by Crippen LogP contribution is 2.38. The summed E-state index contributed by atoms with van der Waals surface area (Å²) in [6.07, 6.45) is 0. The van der Waals surface area contributed by atoms with Crippen molar-refractivity contribution in [2.75, 3.05) is 14.2 Å². The van der Waals surface area contributed by atoms with E-state index in [0.717, 1.165) is 0 Å². The minimum atomic E-state index is -1.65. The SMILES string of the molecule is COC(=Nc1ccccc1)c1c2ccccc2nc2c(F)c(F)c(F)c(OC)c12. The first-order valence-electron chi connectivity index (χ1n) is 8.67. The second-order valence-electron chi connectivity index (χ2n) is 6.16. The molecule has 0 spiro atoms. The highest BCUT2D eigenvalue weighted by Gasteiger charge is 2.27. The Hall–Kier alpha value is -3.61. The van der Waals surface area contributed by atoms with Crippen molar-refractivity contribution < 1.29 is 22.6 Å². The van der Waals surface area contributed by atoms with Gasteiger partial charge in [0.1, 0.15) is 5.52 Å². The Morgan fingerprint density at radius 2 is 1.55 bits per heavy atom. The van der Waals surface area contributed by atoms with Crippen LogP contribution in [-0.4, -0.2) is 25.1 Å². The van der Waals surface area contributed by atoms with Crippen LogP contribution >= 0.6 is 0 Å². The first kappa shape index (κ1) is 18.7. The van der Waals surface area contributed by atoms with E-state index < -0.39 is 23.2 Å². The number of nitrogens with zero attached hydrogens (tertiary/aromatic N) is 2. The van der Waals surface area contributed by atoms with Crippen molar-refractivity contribution in [3.05, 3.63) is 77.6 Å². The molecule has 0 aliphatic carbocycles. The summed E-state index contributed by atoms with van der Waals surface area (Å²) in [5.41, 5.74) is 0.832. The number of hydrogen-bond donors (Lipinski definition) is 0. The zero-order valence-corrected chi connectivity index (χ0v) is 15.5. The van der Waals surface area contributed by atoms with Gasteiger partial charge in [0.05, 0.1) is 36.4 Å². The molecule has 7 heteroatoms. The summed E-state index contributed by atoms with van der Waals surface area (Å²) in [6, 6.07) is 15.7. The summed E-state index contributed by atoms with van der Waals surface area (Å²) in [5.74, 6) is -4.87. The molecule has 0 radical (unpaired) electrons. The molecule has 1 heterocycles. The fourth-order valence-corrected chi connectivity index (χ4v) is 3.24. The lowest BCUT2D eigenvalue weighted by molar-refractivity contribution is 0.366. The summed E-state index contributed by atoms with van der Waals surface area (Å²) in [4.78, 5) is 8.68. The van der Waals surface area contributed by atoms with Gasteiger partial charge in [0.25, 0.3) is 0 Å². The summed E-state index contributed by atoms with van der Waals surface area (Å²) < 4.78 is 53.9. The Labute approximate surface area is 164 Å². The third-order valence-corrected chi connectivity index (χ3v) is 4.51. The third-order valence-electron chi connectivity index (χ3n) is 4.51. The van der Waals surface area contributed by atoms with Gasteiger partial charge in [0.2, 0.25) is 17.5 Å². The van der Waals surface area contributed by atoms with E-state index in [9.17, 15) is 13.2 Å². The van der Waals surface area contributed by atoms with Gasteiger partial charge in [0, 0.05) is 5.39 Å². The monoisotopic (exact) mass is 396 g/mol. The van der Waals surface area contributed by atoms with Crippen molar-refractivity contribution in [2.45, 2.75) is 0 Å². The van der Waals surface area contributed by atoms with Crippen LogP contribution in [0, 0.1) is 17.5 Å². The Morgan fingerprint density at radius 1 is 0.862 bits per heavy atom. The van der Waals surface area contributed by atoms with Gasteiger partial charge in [-0.25, -0.2) is 18.8 Å². The smallest absolute Gasteiger partial charge is 0.222 e. The van der Waals surface area contributed by atoms with Crippen LogP contribution in [0.3, 0.4) is 0 Å². The Bertz CT molecular complexity index is 1260. The summed E-state index contributed by atoms with van der Waals surface area (Å²) >= 11 is 0. The number of para-hydroxylation sites is 2. The van der Waals surface area contributed by atoms with Gasteiger partial charge >= 0.3 is 0 Å². The van der Waals surface area contributed by atoms with E-state index >= 15 is 0 Å². The van der Waals surface area contributed by atoms with Crippen LogP contribution in [0.5, 0.6) is 5.75 Å². The third kappa shape index (κ3) is 3.04. The van der Waals surface area contributed by atoms with Crippen LogP contribution in [0.4, 0.5) is 18.9 Å². The Balaban J connectivity index is 2.22. The topological polar surface area (TPSA) is 43.7 Å². The fourth-order valence-electron chi connectivity index (χ4n) is 3.24. The second-order valence-corrected chi connectivity index (χ2v) is 6.16. The van der Waals surface area contributed by atoms with Crippen molar-refractivity contribution in [3.63, 3.8) is 0 Å². The molecule has 0 amide bonds. The van der Waals surface area contributed by atoms with E-state index in [0.29, 0.717) is 16.6 Å². The van der Waals surface area contributed by atoms with E-state index in [-0.39, 0.29) is 22.4 Å². The fraction of sp³-hybridized carbons (Fsp3) is 0.0909. The maximum atomic E-state index is 14.7. The van der Waals surface area contributed by atoms with Crippen LogP contribution in [-0.2, 0) is 4.74 Å². The molecule has 1 aromatic heterocycles. The van der Waals surface area contributed by atoms with E-state index in [1.807, 2.05) is 6.07 Å². The Kier molecular flexibility index (Phi) is 4.80. The molecule has 4 rings (SSSR count). The summed E-state index contributed by atoms with van der Waals surface area (Å²) in [5, 5.41) is 0.472. The zero-order chi connectivity index (χ0) is 20.5. The van der Waals surface area contributed by atoms with Crippen molar-refractivity contribution in [2.24, 2.45) is 4.99 Å². The molecular formula is C22H15F3N2O2. The van der Waals surface area contributed by atoms with Crippen molar-refractivity contribution in [1.82, 2.24) is 4.98 Å². The molecule has 3 aromatic carbocycles. The van der Waals surface area contributed by atoms with Crippen LogP contribution in [0.2, 0.25) is 0 Å². The number of aliphatic imine (C=N–C) groups is 1. The number of fused-ring (bicyclic) bond motifs is 2. The lowest BCUT2D eigenvalue weighted by Gasteiger charge is -2.16. The average molecular weight is 396 g/mol. The van der Waals surface area contributed by atoms with E-state index in [2.05, 4.69) is 9.98 Å². The first-order chi connectivity index (χ1) is 14.1. The first-order valence-corrected chi connectivity index (χ1v) is 8.67. The molecule has 0 unspecified atom stereocenters. The van der Waals surface area contributed by atoms with Crippen molar-refractivity contribution >= 4 is 33.4 Å². The minimum absolute atomic E-state index is 0.0564. The predicted molar refractivity (Wildman–Crippen MR) is 105 cm³/mol. The van der Waals surface area contributed by atoms with Crippen LogP contribution < -0.4 is 4.74 Å². The quantitative estimate of drug-likeness (QED) is 0.198. The molecule has 4 nitrogen and oxygen atoms in total. The molecule has 0 saturated carbocycles. The molecular weight excluding hydrogens is 381 g/mol. The van der Waals surface area contributed by atoms with Crippen LogP contribution in [0.25, 0.3) is 21.8 Å². The standard InChI is InChI=1S/C22H15F3N2O2/c1-28-21-16-15(22(29-2)26-12-8-4-3-5-9-12)13-10-6-7-11-14(13)27-20(16)18(24)17(23)19(21)25/h3-11H,1-2H3. The van der Waals surface area contributed by atoms with E-state index in [4.69, 9.17) is 9.47 Å². The van der Waals surface area contributed by atoms with Gasteiger partial charge in [-0.2, -0.15) is 4.39 Å². The second kappa shape index (κ2) is 7.43. The average Bonchev–Trinajstić information content (AvgIpc) is 2.76. The maximum Gasteiger partial charge on any atom is 0.222 e. The molecule has 0 N–H and O–H groups in total. The summed E-state index contributed by atoms with van der Waals surface area (Å²) in [6.45, 7) is 0. The molecule has 0 aliphatic heterocycles. The van der Waals surface area contributed by atoms with Gasteiger partial charge in [-0.1, -0.05) is 36.4 Å². The zero-order valence-electron chi connectivity index (χ0n) is 15.5. The van der Waals surface area contributed by atoms with Crippen LogP contribution in [0.1, 0.15) is 5.56 Å². The van der Waals surface area contributed by atoms with E-state index in [1.165, 1.54) is 14.2 Å². The molecule has 4 aromatic rings. The maximum absolute atomic E-state index is 14.7. The molecule has 0 atom stereocenters. The van der Waals surface area contributed by atoms with Crippen molar-refractivity contribution in [3.8, 4) is 5.75 Å². The Morgan fingerprint density at radius 3 is 2.24 bits per heavy atom. The number of ether oxygens (including phenoxy) is 2.